The summed E-state index contributed by atoms with van der Waals surface area (Å²) in [6.45, 7) is 6.89. The van der Waals surface area contributed by atoms with Gasteiger partial charge >= 0.3 is 0 Å². The fraction of sp³-hybridized carbons (Fsp3) is 0.538. The molecule has 102 valence electrons. The third-order valence-corrected chi connectivity index (χ3v) is 3.83. The van der Waals surface area contributed by atoms with Crippen molar-refractivity contribution in [3.8, 4) is 0 Å². The number of nitrogens with zero attached hydrogens (tertiary/aromatic N) is 5. The molecule has 0 aliphatic rings. The first-order valence-corrected chi connectivity index (χ1v) is 7.36. The summed E-state index contributed by atoms with van der Waals surface area (Å²) in [6.07, 6.45) is 1.76. The smallest absolute Gasteiger partial charge is 0.245 e. The normalized spacial score (nSPS) is 10.7. The Bertz CT molecular complexity index is 552. The van der Waals surface area contributed by atoms with Crippen LogP contribution in [0.15, 0.2) is 5.38 Å². The number of aryl methyl sites for hydroxylation is 3. The lowest BCUT2D eigenvalue weighted by Gasteiger charge is -2.16. The Labute approximate surface area is 117 Å². The second-order valence-electron chi connectivity index (χ2n) is 4.45. The van der Waals surface area contributed by atoms with Gasteiger partial charge in [-0.15, -0.1) is 16.4 Å². The maximum absolute atomic E-state index is 4.59. The molecule has 0 N–H and O–H groups in total. The molecule has 0 aromatic carbocycles. The lowest BCUT2D eigenvalue weighted by atomic mass is 10.2. The molecule has 0 radical (unpaired) electrons. The van der Waals surface area contributed by atoms with Gasteiger partial charge in [-0.1, -0.05) is 13.8 Å². The lowest BCUT2D eigenvalue weighted by Crippen LogP contribution is -2.21. The average Bonchev–Trinajstić information content (AvgIpc) is 2.83. The molecule has 0 fully saturated rings. The van der Waals surface area contributed by atoms with Crippen LogP contribution >= 0.6 is 11.3 Å². The number of thiazole rings is 1. The van der Waals surface area contributed by atoms with Crippen molar-refractivity contribution in [3.63, 3.8) is 0 Å². The van der Waals surface area contributed by atoms with Gasteiger partial charge in [0.05, 0.1) is 17.9 Å². The van der Waals surface area contributed by atoms with Crippen LogP contribution in [0.5, 0.6) is 0 Å². The van der Waals surface area contributed by atoms with Gasteiger partial charge in [-0.3, -0.25) is 0 Å². The van der Waals surface area contributed by atoms with Crippen molar-refractivity contribution >= 4 is 17.3 Å². The van der Waals surface area contributed by atoms with Gasteiger partial charge in [0.25, 0.3) is 0 Å². The van der Waals surface area contributed by atoms with E-state index in [9.17, 15) is 0 Å². The van der Waals surface area contributed by atoms with Crippen LogP contribution in [0.4, 0.5) is 5.95 Å². The molecule has 0 bridgehead atoms. The number of hydrogen-bond acceptors (Lipinski definition) is 6. The van der Waals surface area contributed by atoms with Crippen molar-refractivity contribution in [3.05, 3.63) is 27.5 Å². The van der Waals surface area contributed by atoms with Gasteiger partial charge in [0, 0.05) is 18.1 Å². The standard InChI is InChI=1S/C13H19N5S/c1-5-10-11(6-2)16-17-13(15-10)18(4)7-12-14-9(3)8-19-12/h8H,5-7H2,1-4H3. The van der Waals surface area contributed by atoms with E-state index in [0.29, 0.717) is 5.95 Å². The van der Waals surface area contributed by atoms with Crippen LogP contribution in [0.25, 0.3) is 0 Å². The zero-order valence-electron chi connectivity index (χ0n) is 11.8. The minimum atomic E-state index is 0.668. The predicted octanol–water partition coefficient (Wildman–Crippen LogP) is 2.40. The van der Waals surface area contributed by atoms with E-state index < -0.39 is 0 Å². The Hall–Kier alpha value is -1.56. The molecular formula is C13H19N5S. The number of aromatic nitrogens is 4. The summed E-state index contributed by atoms with van der Waals surface area (Å²) in [5.74, 6) is 0.668. The molecule has 0 atom stereocenters. The van der Waals surface area contributed by atoms with Gasteiger partial charge in [-0.05, 0) is 19.8 Å². The third-order valence-electron chi connectivity index (χ3n) is 2.88. The van der Waals surface area contributed by atoms with Crippen LogP contribution in [0, 0.1) is 6.92 Å². The summed E-state index contributed by atoms with van der Waals surface area (Å²) < 4.78 is 0. The van der Waals surface area contributed by atoms with Crippen molar-refractivity contribution in [1.82, 2.24) is 20.2 Å². The van der Waals surface area contributed by atoms with E-state index in [1.807, 2.05) is 18.9 Å². The van der Waals surface area contributed by atoms with Crippen LogP contribution in [-0.4, -0.2) is 27.2 Å². The van der Waals surface area contributed by atoms with Gasteiger partial charge in [0.2, 0.25) is 5.95 Å². The highest BCUT2D eigenvalue weighted by Gasteiger charge is 2.11. The molecule has 0 spiro atoms. The molecule has 19 heavy (non-hydrogen) atoms. The zero-order chi connectivity index (χ0) is 13.8. The summed E-state index contributed by atoms with van der Waals surface area (Å²) in [5.41, 5.74) is 3.09. The molecule has 2 rings (SSSR count). The van der Waals surface area contributed by atoms with Crippen LogP contribution in [0.3, 0.4) is 0 Å². The maximum atomic E-state index is 4.59. The molecule has 0 saturated heterocycles. The highest BCUT2D eigenvalue weighted by Crippen LogP contribution is 2.15. The minimum Gasteiger partial charge on any atom is -0.336 e. The van der Waals surface area contributed by atoms with Gasteiger partial charge < -0.3 is 4.90 Å². The Kier molecular flexibility index (Phi) is 4.42. The van der Waals surface area contributed by atoms with Crippen LogP contribution in [0.2, 0.25) is 0 Å². The quantitative estimate of drug-likeness (QED) is 0.840. The highest BCUT2D eigenvalue weighted by atomic mass is 32.1. The topological polar surface area (TPSA) is 54.8 Å². The molecule has 6 heteroatoms. The van der Waals surface area contributed by atoms with E-state index in [2.05, 4.69) is 39.4 Å². The van der Waals surface area contributed by atoms with Gasteiger partial charge in [-0.2, -0.15) is 5.10 Å². The average molecular weight is 277 g/mol. The summed E-state index contributed by atoms with van der Waals surface area (Å²) in [7, 11) is 1.97. The molecule has 0 saturated carbocycles. The van der Waals surface area contributed by atoms with Crippen molar-refractivity contribution in [2.75, 3.05) is 11.9 Å². The van der Waals surface area contributed by atoms with E-state index in [4.69, 9.17) is 0 Å². The Morgan fingerprint density at radius 3 is 2.42 bits per heavy atom. The van der Waals surface area contributed by atoms with Crippen molar-refractivity contribution < 1.29 is 0 Å². The predicted molar refractivity (Wildman–Crippen MR) is 77.5 cm³/mol. The highest BCUT2D eigenvalue weighted by molar-refractivity contribution is 7.09. The molecule has 2 aromatic rings. The first kappa shape index (κ1) is 13.9. The van der Waals surface area contributed by atoms with Crippen molar-refractivity contribution in [2.45, 2.75) is 40.2 Å². The van der Waals surface area contributed by atoms with E-state index >= 15 is 0 Å². The molecule has 0 unspecified atom stereocenters. The number of rotatable bonds is 5. The summed E-state index contributed by atoms with van der Waals surface area (Å²) in [5, 5.41) is 11.6. The van der Waals surface area contributed by atoms with E-state index in [-0.39, 0.29) is 0 Å². The Morgan fingerprint density at radius 2 is 1.84 bits per heavy atom. The lowest BCUT2D eigenvalue weighted by molar-refractivity contribution is 0.769. The first-order valence-electron chi connectivity index (χ1n) is 6.48. The van der Waals surface area contributed by atoms with Crippen molar-refractivity contribution in [2.24, 2.45) is 0 Å². The van der Waals surface area contributed by atoms with Crippen molar-refractivity contribution in [1.29, 1.82) is 0 Å². The molecule has 5 nitrogen and oxygen atoms in total. The Morgan fingerprint density at radius 1 is 1.11 bits per heavy atom. The van der Waals surface area contributed by atoms with E-state index in [1.165, 1.54) is 0 Å². The third kappa shape index (κ3) is 3.26. The fourth-order valence-corrected chi connectivity index (χ4v) is 2.66. The van der Waals surface area contributed by atoms with Gasteiger partial charge in [0.15, 0.2) is 0 Å². The molecule has 2 heterocycles. The molecule has 0 amide bonds. The summed E-state index contributed by atoms with van der Waals surface area (Å²) in [4.78, 5) is 11.0. The molecule has 0 aliphatic heterocycles. The van der Waals surface area contributed by atoms with Crippen LogP contribution in [-0.2, 0) is 19.4 Å². The second-order valence-corrected chi connectivity index (χ2v) is 5.39. The van der Waals surface area contributed by atoms with Gasteiger partial charge in [0.1, 0.15) is 5.01 Å². The molecule has 2 aromatic heterocycles. The van der Waals surface area contributed by atoms with Crippen LogP contribution in [0.1, 0.15) is 35.9 Å². The first-order chi connectivity index (χ1) is 9.13. The molecule has 0 aliphatic carbocycles. The second kappa shape index (κ2) is 6.06. The molecular weight excluding hydrogens is 258 g/mol. The monoisotopic (exact) mass is 277 g/mol. The van der Waals surface area contributed by atoms with Gasteiger partial charge in [-0.25, -0.2) is 9.97 Å². The summed E-state index contributed by atoms with van der Waals surface area (Å²) in [6, 6.07) is 0. The SMILES string of the molecule is CCc1nnc(N(C)Cc2nc(C)cs2)nc1CC. The number of anilines is 1. The summed E-state index contributed by atoms with van der Waals surface area (Å²) >= 11 is 1.66. The fourth-order valence-electron chi connectivity index (χ4n) is 1.84. The zero-order valence-corrected chi connectivity index (χ0v) is 12.7. The van der Waals surface area contributed by atoms with E-state index in [1.54, 1.807) is 11.3 Å². The maximum Gasteiger partial charge on any atom is 0.245 e. The Balaban J connectivity index is 2.16. The van der Waals surface area contributed by atoms with Crippen LogP contribution < -0.4 is 4.90 Å². The minimum absolute atomic E-state index is 0.668. The largest absolute Gasteiger partial charge is 0.336 e. The van der Waals surface area contributed by atoms with E-state index in [0.717, 1.165) is 41.5 Å². The number of hydrogen-bond donors (Lipinski definition) is 0.